The second-order valence-corrected chi connectivity index (χ2v) is 9.71. The van der Waals surface area contributed by atoms with Gasteiger partial charge in [0.2, 0.25) is 5.88 Å². The molecule has 7 rings (SSSR count). The Morgan fingerprint density at radius 1 is 1.11 bits per heavy atom. The molecule has 0 unspecified atom stereocenters. The van der Waals surface area contributed by atoms with Gasteiger partial charge in [-0.1, -0.05) is 41.3 Å². The normalized spacial score (nSPS) is 20.8. The Hall–Kier alpha value is -3.37. The third-order valence-corrected chi connectivity index (χ3v) is 7.16. The maximum absolute atomic E-state index is 10.4. The Morgan fingerprint density at radius 2 is 1.97 bits per heavy atom. The Morgan fingerprint density at radius 3 is 2.83 bits per heavy atom. The van der Waals surface area contributed by atoms with E-state index in [1.165, 1.54) is 0 Å². The van der Waals surface area contributed by atoms with Crippen LogP contribution in [-0.4, -0.2) is 27.6 Å². The third-order valence-electron chi connectivity index (χ3n) is 7.16. The molecular formula is C29H23N2O4Pt-. The zero-order chi connectivity index (χ0) is 23.7. The molecule has 0 spiro atoms. The maximum atomic E-state index is 10.4. The number of hydrogen-bond donors (Lipinski definition) is 1. The molecule has 36 heavy (non-hydrogen) atoms. The molecule has 7 heteroatoms. The average molecular weight is 659 g/mol. The van der Waals surface area contributed by atoms with E-state index in [1.54, 1.807) is 12.1 Å². The number of nitrogens with zero attached hydrogens (tertiary/aromatic N) is 2. The molecule has 6 nitrogen and oxygen atoms in total. The van der Waals surface area contributed by atoms with E-state index in [-0.39, 0.29) is 38.5 Å². The fraction of sp³-hybridized carbons (Fsp3) is 0.241. The molecule has 1 saturated carbocycles. The van der Waals surface area contributed by atoms with E-state index in [4.69, 9.17) is 18.9 Å². The van der Waals surface area contributed by atoms with Crippen molar-refractivity contribution in [1.29, 1.82) is 0 Å². The number of phenols is 1. The predicted molar refractivity (Wildman–Crippen MR) is 134 cm³/mol. The van der Waals surface area contributed by atoms with E-state index in [0.717, 1.165) is 52.1 Å². The van der Waals surface area contributed by atoms with E-state index >= 15 is 0 Å². The van der Waals surface area contributed by atoms with Gasteiger partial charge in [0.1, 0.15) is 28.3 Å². The van der Waals surface area contributed by atoms with Crippen LogP contribution in [0.5, 0.6) is 17.4 Å². The summed E-state index contributed by atoms with van der Waals surface area (Å²) in [5.41, 5.74) is 3.36. The van der Waals surface area contributed by atoms with Crippen molar-refractivity contribution in [2.45, 2.75) is 44.8 Å². The standard InChI is InChI=1S/C29H23N2O4.Pt/c1-16-12-17-9-10-25(31-27(17)21(32)13-16)33-18-14-20(28-30-24-8-5-11-29(24,2)35-28)26-19-6-3-4-7-22(19)34-23(26)15-18;/h3-4,6-7,9-10,12-13,15,24,32H,5,8,11H2,1-2H3;/q-1;/t24-,29-;/m0./s1. The summed E-state index contributed by atoms with van der Waals surface area (Å²) in [6, 6.07) is 20.6. The maximum Gasteiger partial charge on any atom is 0.217 e. The van der Waals surface area contributed by atoms with Gasteiger partial charge >= 0.3 is 0 Å². The summed E-state index contributed by atoms with van der Waals surface area (Å²) in [6.07, 6.45) is 3.13. The van der Waals surface area contributed by atoms with Gasteiger partial charge < -0.3 is 19.0 Å². The Labute approximate surface area is 222 Å². The van der Waals surface area contributed by atoms with Crippen molar-refractivity contribution >= 4 is 38.7 Å². The summed E-state index contributed by atoms with van der Waals surface area (Å²) in [6.45, 7) is 4.07. The first-order valence-corrected chi connectivity index (χ1v) is 11.9. The zero-order valence-electron chi connectivity index (χ0n) is 19.8. The number of aliphatic imine (C=N–C) groups is 1. The average Bonchev–Trinajstić information content (AvgIpc) is 3.47. The first-order valence-electron chi connectivity index (χ1n) is 11.9. The van der Waals surface area contributed by atoms with Crippen molar-refractivity contribution in [3.05, 3.63) is 71.8 Å². The molecule has 0 radical (unpaired) electrons. The molecule has 2 aliphatic rings. The van der Waals surface area contributed by atoms with Crippen LogP contribution in [0.25, 0.3) is 32.8 Å². The molecule has 0 amide bonds. The number of benzene rings is 3. The number of fused-ring (bicyclic) bond motifs is 5. The van der Waals surface area contributed by atoms with E-state index in [1.807, 2.05) is 49.4 Å². The fourth-order valence-corrected chi connectivity index (χ4v) is 5.44. The van der Waals surface area contributed by atoms with Gasteiger partial charge in [-0.05, 0) is 68.3 Å². The Kier molecular flexibility index (Phi) is 5.34. The van der Waals surface area contributed by atoms with E-state index in [0.29, 0.717) is 28.6 Å². The molecule has 184 valence electrons. The van der Waals surface area contributed by atoms with Gasteiger partial charge in [0.25, 0.3) is 0 Å². The molecule has 3 aromatic carbocycles. The molecule has 1 aliphatic heterocycles. The van der Waals surface area contributed by atoms with Crippen LogP contribution in [-0.2, 0) is 25.8 Å². The molecular weight excluding hydrogens is 635 g/mol. The Balaban J connectivity index is 0.00000240. The van der Waals surface area contributed by atoms with Crippen molar-refractivity contribution < 1.29 is 40.1 Å². The van der Waals surface area contributed by atoms with Crippen molar-refractivity contribution in [1.82, 2.24) is 4.98 Å². The van der Waals surface area contributed by atoms with Gasteiger partial charge in [0.05, 0.1) is 17.4 Å². The number of aromatic nitrogens is 1. The van der Waals surface area contributed by atoms with Crippen molar-refractivity contribution in [3.63, 3.8) is 0 Å². The molecule has 3 heterocycles. The largest absolute Gasteiger partial charge is 0.512 e. The summed E-state index contributed by atoms with van der Waals surface area (Å²) < 4.78 is 18.8. The summed E-state index contributed by atoms with van der Waals surface area (Å²) in [5, 5.41) is 13.1. The predicted octanol–water partition coefficient (Wildman–Crippen LogP) is 6.83. The number of furan rings is 1. The van der Waals surface area contributed by atoms with Gasteiger partial charge in [-0.3, -0.25) is 4.99 Å². The zero-order valence-corrected chi connectivity index (χ0v) is 22.0. The van der Waals surface area contributed by atoms with Gasteiger partial charge in [0, 0.05) is 32.5 Å². The van der Waals surface area contributed by atoms with Crippen molar-refractivity contribution in [2.24, 2.45) is 4.99 Å². The minimum Gasteiger partial charge on any atom is -0.512 e. The molecule has 0 bridgehead atoms. The fourth-order valence-electron chi connectivity index (χ4n) is 5.44. The topological polar surface area (TPSA) is 77.1 Å². The van der Waals surface area contributed by atoms with Gasteiger partial charge in [-0.2, -0.15) is 0 Å². The van der Waals surface area contributed by atoms with Crippen molar-refractivity contribution in [2.75, 3.05) is 0 Å². The molecule has 2 atom stereocenters. The van der Waals surface area contributed by atoms with Crippen LogP contribution in [0.4, 0.5) is 0 Å². The third kappa shape index (κ3) is 3.58. The summed E-state index contributed by atoms with van der Waals surface area (Å²) >= 11 is 0. The summed E-state index contributed by atoms with van der Waals surface area (Å²) in [7, 11) is 0. The van der Waals surface area contributed by atoms with Crippen LogP contribution in [0.3, 0.4) is 0 Å². The van der Waals surface area contributed by atoms with Crippen LogP contribution in [0, 0.1) is 13.0 Å². The molecule has 0 saturated heterocycles. The number of pyridine rings is 1. The molecule has 5 aromatic rings. The molecule has 1 N–H and O–H groups in total. The van der Waals surface area contributed by atoms with Gasteiger partial charge in [-0.15, -0.1) is 0 Å². The quantitative estimate of drug-likeness (QED) is 0.215. The van der Waals surface area contributed by atoms with Crippen LogP contribution in [0.1, 0.15) is 37.3 Å². The number of aryl methyl sites for hydroxylation is 1. The van der Waals surface area contributed by atoms with Gasteiger partial charge in [-0.25, -0.2) is 4.98 Å². The van der Waals surface area contributed by atoms with Crippen LogP contribution < -0.4 is 4.74 Å². The van der Waals surface area contributed by atoms with E-state index < -0.39 is 0 Å². The first-order chi connectivity index (χ1) is 17.0. The van der Waals surface area contributed by atoms with E-state index in [2.05, 4.69) is 18.0 Å². The monoisotopic (exact) mass is 658 g/mol. The number of phenolic OH excluding ortho intramolecular Hbond substituents is 1. The van der Waals surface area contributed by atoms with Crippen LogP contribution >= 0.6 is 0 Å². The first kappa shape index (κ1) is 23.1. The Bertz CT molecular complexity index is 1690. The van der Waals surface area contributed by atoms with Crippen LogP contribution in [0.2, 0.25) is 0 Å². The van der Waals surface area contributed by atoms with Crippen molar-refractivity contribution in [3.8, 4) is 17.4 Å². The number of hydrogen-bond acceptors (Lipinski definition) is 6. The van der Waals surface area contributed by atoms with Crippen LogP contribution in [0.15, 0.2) is 64.0 Å². The minimum absolute atomic E-state index is 0. The summed E-state index contributed by atoms with van der Waals surface area (Å²) in [4.78, 5) is 9.49. The SMILES string of the molecule is Cc1cc(O)c2nc(Oc3[c-]c(C4=N[C@H]5CCC[C@]5(C)O4)c4c(c3)oc3ccccc34)ccc2c1.[Pt]. The number of rotatable bonds is 3. The molecule has 2 aromatic heterocycles. The second kappa shape index (κ2) is 8.34. The summed E-state index contributed by atoms with van der Waals surface area (Å²) in [5.74, 6) is 1.50. The number of para-hydroxylation sites is 1. The number of ether oxygens (including phenoxy) is 2. The second-order valence-electron chi connectivity index (χ2n) is 9.71. The molecule has 1 aliphatic carbocycles. The molecule has 1 fully saturated rings. The smallest absolute Gasteiger partial charge is 0.217 e. The van der Waals surface area contributed by atoms with Gasteiger partial charge in [0.15, 0.2) is 0 Å². The number of aromatic hydroxyl groups is 1. The van der Waals surface area contributed by atoms with E-state index in [9.17, 15) is 5.11 Å². The minimum atomic E-state index is -0.276.